The van der Waals surface area contributed by atoms with Crippen LogP contribution in [0.25, 0.3) is 0 Å². The van der Waals surface area contributed by atoms with Crippen molar-refractivity contribution in [3.8, 4) is 5.75 Å². The fourth-order valence-electron chi connectivity index (χ4n) is 3.03. The van der Waals surface area contributed by atoms with Crippen molar-refractivity contribution in [3.63, 3.8) is 0 Å². The second-order valence-corrected chi connectivity index (χ2v) is 5.37. The lowest BCUT2D eigenvalue weighted by Gasteiger charge is -2.31. The fraction of sp³-hybridized carbons (Fsp3) is 0.533. The quantitative estimate of drug-likeness (QED) is 0.927. The van der Waals surface area contributed by atoms with E-state index in [1.807, 2.05) is 23.5 Å². The van der Waals surface area contributed by atoms with Crippen LogP contribution in [0.4, 0.5) is 13.2 Å². The summed E-state index contributed by atoms with van der Waals surface area (Å²) in [5.41, 5.74) is 0.389. The summed E-state index contributed by atoms with van der Waals surface area (Å²) < 4.78 is 42.4. The molecule has 21 heavy (non-hydrogen) atoms. The first-order chi connectivity index (χ1) is 9.89. The number of para-hydroxylation sites is 1. The van der Waals surface area contributed by atoms with Crippen molar-refractivity contribution < 1.29 is 22.7 Å². The molecule has 0 saturated heterocycles. The van der Waals surface area contributed by atoms with Gasteiger partial charge in [0.1, 0.15) is 5.75 Å². The van der Waals surface area contributed by atoms with Gasteiger partial charge in [0.2, 0.25) is 0 Å². The Morgan fingerprint density at radius 2 is 1.90 bits per heavy atom. The number of amides is 1. The molecule has 0 atom stereocenters. The summed E-state index contributed by atoms with van der Waals surface area (Å²) in [7, 11) is 1.54. The van der Waals surface area contributed by atoms with Crippen LogP contribution in [0, 0.1) is 0 Å². The summed E-state index contributed by atoms with van der Waals surface area (Å²) in [5, 5.41) is 2.04. The zero-order chi connectivity index (χ0) is 15.5. The average molecular weight is 301 g/mol. The van der Waals surface area contributed by atoms with E-state index in [4.69, 9.17) is 4.74 Å². The fourth-order valence-corrected chi connectivity index (χ4v) is 3.03. The molecule has 1 aliphatic carbocycles. The number of halogens is 3. The number of rotatable bonds is 4. The van der Waals surface area contributed by atoms with Crippen molar-refractivity contribution in [1.29, 1.82) is 0 Å². The summed E-state index contributed by atoms with van der Waals surface area (Å²) in [5.74, 6) is -1.23. The van der Waals surface area contributed by atoms with E-state index in [0.717, 1.165) is 31.2 Å². The maximum absolute atomic E-state index is 12.4. The Balaban J connectivity index is 2.23. The highest BCUT2D eigenvalue weighted by Crippen LogP contribution is 2.44. The SMILES string of the molecule is COc1ccccc1C1(CNC(=O)C(F)(F)F)CCCC1. The van der Waals surface area contributed by atoms with Crippen LogP contribution in [-0.4, -0.2) is 25.7 Å². The van der Waals surface area contributed by atoms with Crippen LogP contribution in [0.1, 0.15) is 31.2 Å². The number of carbonyl (C=O) groups is 1. The van der Waals surface area contributed by atoms with Crippen LogP contribution in [-0.2, 0) is 10.2 Å². The molecule has 1 saturated carbocycles. The highest BCUT2D eigenvalue weighted by Gasteiger charge is 2.42. The van der Waals surface area contributed by atoms with Crippen LogP contribution < -0.4 is 10.1 Å². The van der Waals surface area contributed by atoms with Crippen LogP contribution in [0.15, 0.2) is 24.3 Å². The van der Waals surface area contributed by atoms with E-state index in [1.165, 1.54) is 7.11 Å². The Labute approximate surface area is 121 Å². The molecule has 1 aliphatic rings. The number of hydrogen-bond donors (Lipinski definition) is 1. The maximum Gasteiger partial charge on any atom is 0.471 e. The molecule has 0 heterocycles. The minimum absolute atomic E-state index is 0.0221. The van der Waals surface area contributed by atoms with Gasteiger partial charge in [0.25, 0.3) is 0 Å². The first-order valence-electron chi connectivity index (χ1n) is 6.88. The molecule has 1 aromatic carbocycles. The van der Waals surface area contributed by atoms with Crippen molar-refractivity contribution in [3.05, 3.63) is 29.8 Å². The molecule has 0 bridgehead atoms. The molecule has 0 aliphatic heterocycles. The van der Waals surface area contributed by atoms with Gasteiger partial charge >= 0.3 is 12.1 Å². The monoisotopic (exact) mass is 301 g/mol. The Morgan fingerprint density at radius 1 is 1.29 bits per heavy atom. The molecule has 0 spiro atoms. The normalized spacial score (nSPS) is 17.5. The summed E-state index contributed by atoms with van der Waals surface area (Å²) in [4.78, 5) is 11.1. The Hall–Kier alpha value is -1.72. The largest absolute Gasteiger partial charge is 0.496 e. The third kappa shape index (κ3) is 3.31. The lowest BCUT2D eigenvalue weighted by Crippen LogP contribution is -2.44. The van der Waals surface area contributed by atoms with Crippen LogP contribution in [0.2, 0.25) is 0 Å². The predicted octanol–water partition coefficient (Wildman–Crippen LogP) is 3.19. The number of alkyl halides is 3. The second-order valence-electron chi connectivity index (χ2n) is 5.37. The third-order valence-electron chi connectivity index (χ3n) is 4.08. The molecule has 0 unspecified atom stereocenters. The summed E-state index contributed by atoms with van der Waals surface area (Å²) >= 11 is 0. The van der Waals surface area contributed by atoms with E-state index in [1.54, 1.807) is 6.07 Å². The zero-order valence-electron chi connectivity index (χ0n) is 11.8. The van der Waals surface area contributed by atoms with Gasteiger partial charge in [-0.2, -0.15) is 13.2 Å². The predicted molar refractivity (Wildman–Crippen MR) is 72.2 cm³/mol. The van der Waals surface area contributed by atoms with E-state index < -0.39 is 17.5 Å². The lowest BCUT2D eigenvalue weighted by atomic mass is 9.78. The van der Waals surface area contributed by atoms with Gasteiger partial charge in [-0.1, -0.05) is 31.0 Å². The molecule has 1 fully saturated rings. The minimum atomic E-state index is -4.85. The molecule has 0 aromatic heterocycles. The van der Waals surface area contributed by atoms with Gasteiger partial charge in [-0.05, 0) is 18.9 Å². The first kappa shape index (κ1) is 15.7. The molecule has 1 N–H and O–H groups in total. The highest BCUT2D eigenvalue weighted by molar-refractivity contribution is 5.81. The van der Waals surface area contributed by atoms with Crippen molar-refractivity contribution in [2.45, 2.75) is 37.3 Å². The van der Waals surface area contributed by atoms with Crippen molar-refractivity contribution in [2.75, 3.05) is 13.7 Å². The number of nitrogens with one attached hydrogen (secondary N) is 1. The second kappa shape index (κ2) is 5.95. The summed E-state index contributed by atoms with van der Waals surface area (Å²) in [6.45, 7) is -0.0221. The van der Waals surface area contributed by atoms with Gasteiger partial charge in [-0.25, -0.2) is 0 Å². The lowest BCUT2D eigenvalue weighted by molar-refractivity contribution is -0.173. The highest BCUT2D eigenvalue weighted by atomic mass is 19.4. The molecule has 6 heteroatoms. The topological polar surface area (TPSA) is 38.3 Å². The molecular weight excluding hydrogens is 283 g/mol. The molecule has 116 valence electrons. The standard InChI is InChI=1S/C15H18F3NO2/c1-21-12-7-3-2-6-11(12)14(8-4-5-9-14)10-19-13(20)15(16,17)18/h2-3,6-7H,4-5,8-10H2,1H3,(H,19,20). The maximum atomic E-state index is 12.4. The number of benzene rings is 1. The van der Waals surface area contributed by atoms with Gasteiger partial charge < -0.3 is 10.1 Å². The van der Waals surface area contributed by atoms with E-state index >= 15 is 0 Å². The van der Waals surface area contributed by atoms with Crippen LogP contribution in [0.3, 0.4) is 0 Å². The Morgan fingerprint density at radius 3 is 2.48 bits per heavy atom. The van der Waals surface area contributed by atoms with Crippen molar-refractivity contribution >= 4 is 5.91 Å². The average Bonchev–Trinajstić information content (AvgIpc) is 2.93. The first-order valence-corrected chi connectivity index (χ1v) is 6.88. The van der Waals surface area contributed by atoms with Gasteiger partial charge in [0.05, 0.1) is 7.11 Å². The molecule has 1 aromatic rings. The number of ether oxygens (including phenoxy) is 1. The molecule has 3 nitrogen and oxygen atoms in total. The number of hydrogen-bond acceptors (Lipinski definition) is 2. The van der Waals surface area contributed by atoms with Crippen molar-refractivity contribution in [2.24, 2.45) is 0 Å². The zero-order valence-corrected chi connectivity index (χ0v) is 11.8. The smallest absolute Gasteiger partial charge is 0.471 e. The number of methoxy groups -OCH3 is 1. The minimum Gasteiger partial charge on any atom is -0.496 e. The summed E-state index contributed by atoms with van der Waals surface area (Å²) in [6, 6.07) is 7.31. The Kier molecular flexibility index (Phi) is 4.44. The van der Waals surface area contributed by atoms with Gasteiger partial charge in [-0.15, -0.1) is 0 Å². The molecule has 2 rings (SSSR count). The van der Waals surface area contributed by atoms with E-state index in [-0.39, 0.29) is 6.54 Å². The Bertz CT molecular complexity index is 508. The molecule has 0 radical (unpaired) electrons. The van der Waals surface area contributed by atoms with Crippen LogP contribution in [0.5, 0.6) is 5.75 Å². The third-order valence-corrected chi connectivity index (χ3v) is 4.08. The summed E-state index contributed by atoms with van der Waals surface area (Å²) in [6.07, 6.45) is -1.50. The molecule has 1 amide bonds. The van der Waals surface area contributed by atoms with E-state index in [9.17, 15) is 18.0 Å². The van der Waals surface area contributed by atoms with Gasteiger partial charge in [0, 0.05) is 17.5 Å². The van der Waals surface area contributed by atoms with Gasteiger partial charge in [0.15, 0.2) is 0 Å². The van der Waals surface area contributed by atoms with E-state index in [2.05, 4.69) is 0 Å². The van der Waals surface area contributed by atoms with E-state index in [0.29, 0.717) is 5.75 Å². The van der Waals surface area contributed by atoms with Gasteiger partial charge in [-0.3, -0.25) is 4.79 Å². The van der Waals surface area contributed by atoms with Crippen LogP contribution >= 0.6 is 0 Å². The number of carbonyl (C=O) groups excluding carboxylic acids is 1. The van der Waals surface area contributed by atoms with Crippen molar-refractivity contribution in [1.82, 2.24) is 5.32 Å². The molecular formula is C15H18F3NO2.